The second kappa shape index (κ2) is 8.84. The molecule has 0 aliphatic carbocycles. The van der Waals surface area contributed by atoms with Gasteiger partial charge in [-0.15, -0.1) is 22.9 Å². The number of hydrogen-bond acceptors (Lipinski definition) is 4. The van der Waals surface area contributed by atoms with Gasteiger partial charge in [0.1, 0.15) is 10.4 Å². The first-order valence-corrected chi connectivity index (χ1v) is 9.71. The SMILES string of the molecule is CCOC(=O)c1cc(-c2ccccc2)sc1NC(=O)[C@@H](Cl)c1ccccc1. The number of halogens is 1. The van der Waals surface area contributed by atoms with Crippen molar-refractivity contribution in [3.8, 4) is 10.4 Å². The lowest BCUT2D eigenvalue weighted by atomic mass is 10.1. The smallest absolute Gasteiger partial charge is 0.341 e. The van der Waals surface area contributed by atoms with Crippen molar-refractivity contribution in [3.05, 3.63) is 77.9 Å². The number of thiophene rings is 1. The van der Waals surface area contributed by atoms with E-state index in [-0.39, 0.29) is 6.61 Å². The number of ether oxygens (including phenoxy) is 1. The predicted molar refractivity (Wildman–Crippen MR) is 109 cm³/mol. The van der Waals surface area contributed by atoms with Crippen molar-refractivity contribution in [2.75, 3.05) is 11.9 Å². The van der Waals surface area contributed by atoms with E-state index in [9.17, 15) is 9.59 Å². The standard InChI is InChI=1S/C21H18ClNO3S/c1-2-26-21(25)16-13-17(14-9-5-3-6-10-14)27-20(16)23-19(24)18(22)15-11-7-4-8-12-15/h3-13,18H,2H2,1H3,(H,23,24)/t18-/m0/s1. The lowest BCUT2D eigenvalue weighted by molar-refractivity contribution is -0.115. The van der Waals surface area contributed by atoms with Gasteiger partial charge in [-0.1, -0.05) is 60.7 Å². The molecule has 27 heavy (non-hydrogen) atoms. The molecule has 2 aromatic carbocycles. The summed E-state index contributed by atoms with van der Waals surface area (Å²) in [5, 5.41) is 2.36. The molecular formula is C21H18ClNO3S. The van der Waals surface area contributed by atoms with Gasteiger partial charge in [0.15, 0.2) is 0 Å². The van der Waals surface area contributed by atoms with Crippen molar-refractivity contribution < 1.29 is 14.3 Å². The molecule has 0 saturated carbocycles. The predicted octanol–water partition coefficient (Wildman–Crippen LogP) is 5.51. The largest absolute Gasteiger partial charge is 0.462 e. The van der Waals surface area contributed by atoms with E-state index in [1.165, 1.54) is 11.3 Å². The number of esters is 1. The van der Waals surface area contributed by atoms with Gasteiger partial charge in [-0.25, -0.2) is 4.79 Å². The maximum Gasteiger partial charge on any atom is 0.341 e. The number of alkyl halides is 1. The Kier molecular flexibility index (Phi) is 6.27. The normalized spacial score (nSPS) is 11.6. The summed E-state index contributed by atoms with van der Waals surface area (Å²) in [5.41, 5.74) is 1.97. The summed E-state index contributed by atoms with van der Waals surface area (Å²) in [6, 6.07) is 20.4. The van der Waals surface area contributed by atoms with Crippen LogP contribution in [0.1, 0.15) is 28.2 Å². The molecule has 1 amide bonds. The topological polar surface area (TPSA) is 55.4 Å². The maximum atomic E-state index is 12.6. The number of carbonyl (C=O) groups excluding carboxylic acids is 2. The summed E-state index contributed by atoms with van der Waals surface area (Å²) in [4.78, 5) is 25.8. The zero-order valence-corrected chi connectivity index (χ0v) is 16.2. The van der Waals surface area contributed by atoms with Gasteiger partial charge in [0, 0.05) is 4.88 Å². The van der Waals surface area contributed by atoms with Crippen LogP contribution in [0.4, 0.5) is 5.00 Å². The van der Waals surface area contributed by atoms with Gasteiger partial charge in [0.25, 0.3) is 0 Å². The molecule has 0 aliphatic rings. The van der Waals surface area contributed by atoms with Crippen LogP contribution in [0.25, 0.3) is 10.4 Å². The summed E-state index contributed by atoms with van der Waals surface area (Å²) < 4.78 is 5.13. The number of anilines is 1. The van der Waals surface area contributed by atoms with Crippen LogP contribution in [0.2, 0.25) is 0 Å². The highest BCUT2D eigenvalue weighted by Crippen LogP contribution is 2.36. The molecule has 0 saturated heterocycles. The molecule has 3 aromatic rings. The van der Waals surface area contributed by atoms with E-state index in [1.807, 2.05) is 48.5 Å². The molecule has 1 atom stereocenters. The molecule has 4 nitrogen and oxygen atoms in total. The van der Waals surface area contributed by atoms with E-state index in [1.54, 1.807) is 25.1 Å². The molecule has 1 heterocycles. The third kappa shape index (κ3) is 4.56. The summed E-state index contributed by atoms with van der Waals surface area (Å²) in [5.74, 6) is -0.869. The zero-order valence-electron chi connectivity index (χ0n) is 14.6. The highest BCUT2D eigenvalue weighted by atomic mass is 35.5. The average molecular weight is 400 g/mol. The molecule has 0 radical (unpaired) electrons. The quantitative estimate of drug-likeness (QED) is 0.439. The first-order chi connectivity index (χ1) is 13.1. The first kappa shape index (κ1) is 19.1. The van der Waals surface area contributed by atoms with Crippen LogP contribution in [0.3, 0.4) is 0 Å². The molecule has 1 N–H and O–H groups in total. The van der Waals surface area contributed by atoms with Crippen LogP contribution in [-0.2, 0) is 9.53 Å². The molecule has 0 spiro atoms. The number of rotatable bonds is 6. The summed E-state index contributed by atoms with van der Waals surface area (Å²) >= 11 is 7.62. The van der Waals surface area contributed by atoms with Crippen LogP contribution in [-0.4, -0.2) is 18.5 Å². The fraction of sp³-hybridized carbons (Fsp3) is 0.143. The van der Waals surface area contributed by atoms with Gasteiger partial charge in [-0.05, 0) is 24.1 Å². The third-order valence-electron chi connectivity index (χ3n) is 3.84. The maximum absolute atomic E-state index is 12.6. The number of nitrogens with one attached hydrogen (secondary N) is 1. The van der Waals surface area contributed by atoms with Gasteiger partial charge < -0.3 is 10.1 Å². The Bertz CT molecular complexity index is 925. The highest BCUT2D eigenvalue weighted by Gasteiger charge is 2.23. The molecule has 3 rings (SSSR count). The molecule has 1 aromatic heterocycles. The number of carbonyl (C=O) groups is 2. The lowest BCUT2D eigenvalue weighted by Crippen LogP contribution is -2.18. The Morgan fingerprint density at radius 1 is 1.07 bits per heavy atom. The van der Waals surface area contributed by atoms with Gasteiger partial charge >= 0.3 is 5.97 Å². The van der Waals surface area contributed by atoms with Crippen LogP contribution in [0.5, 0.6) is 0 Å². The fourth-order valence-electron chi connectivity index (χ4n) is 2.54. The van der Waals surface area contributed by atoms with Crippen LogP contribution < -0.4 is 5.32 Å². The summed E-state index contributed by atoms with van der Waals surface area (Å²) in [7, 11) is 0. The molecule has 6 heteroatoms. The Labute approximate surface area is 166 Å². The van der Waals surface area contributed by atoms with Gasteiger partial charge in [0.05, 0.1) is 12.2 Å². The number of benzene rings is 2. The molecule has 0 unspecified atom stereocenters. The van der Waals surface area contributed by atoms with Crippen molar-refractivity contribution >= 4 is 39.8 Å². The number of hydrogen-bond donors (Lipinski definition) is 1. The van der Waals surface area contributed by atoms with Crippen molar-refractivity contribution in [2.45, 2.75) is 12.3 Å². The monoisotopic (exact) mass is 399 g/mol. The Hall–Kier alpha value is -2.63. The van der Waals surface area contributed by atoms with Crippen molar-refractivity contribution in [2.24, 2.45) is 0 Å². The minimum atomic E-state index is -0.858. The van der Waals surface area contributed by atoms with E-state index in [0.29, 0.717) is 16.1 Å². The van der Waals surface area contributed by atoms with E-state index in [2.05, 4.69) is 5.32 Å². The molecule has 0 aliphatic heterocycles. The van der Waals surface area contributed by atoms with Crippen molar-refractivity contribution in [1.82, 2.24) is 0 Å². The summed E-state index contributed by atoms with van der Waals surface area (Å²) in [6.07, 6.45) is 0. The van der Waals surface area contributed by atoms with E-state index in [0.717, 1.165) is 10.4 Å². The Morgan fingerprint density at radius 2 is 1.70 bits per heavy atom. The van der Waals surface area contributed by atoms with Crippen molar-refractivity contribution in [1.29, 1.82) is 0 Å². The minimum Gasteiger partial charge on any atom is -0.462 e. The third-order valence-corrected chi connectivity index (χ3v) is 5.39. The van der Waals surface area contributed by atoms with Crippen LogP contribution in [0.15, 0.2) is 66.7 Å². The minimum absolute atomic E-state index is 0.255. The molecule has 0 fully saturated rings. The first-order valence-electron chi connectivity index (χ1n) is 8.46. The van der Waals surface area contributed by atoms with Crippen LogP contribution in [0, 0.1) is 0 Å². The lowest BCUT2D eigenvalue weighted by Gasteiger charge is -2.11. The average Bonchev–Trinajstić information content (AvgIpc) is 3.13. The van der Waals surface area contributed by atoms with Crippen molar-refractivity contribution in [3.63, 3.8) is 0 Å². The van der Waals surface area contributed by atoms with Gasteiger partial charge in [0.2, 0.25) is 5.91 Å². The highest BCUT2D eigenvalue weighted by molar-refractivity contribution is 7.20. The zero-order chi connectivity index (χ0) is 19.2. The van der Waals surface area contributed by atoms with E-state index in [4.69, 9.17) is 16.3 Å². The van der Waals surface area contributed by atoms with E-state index < -0.39 is 17.3 Å². The summed E-state index contributed by atoms with van der Waals surface area (Å²) in [6.45, 7) is 2.00. The molecule has 0 bridgehead atoms. The Balaban J connectivity index is 1.90. The second-order valence-electron chi connectivity index (χ2n) is 5.70. The Morgan fingerprint density at radius 3 is 2.33 bits per heavy atom. The van der Waals surface area contributed by atoms with Crippen LogP contribution >= 0.6 is 22.9 Å². The fourth-order valence-corrected chi connectivity index (χ4v) is 3.79. The second-order valence-corrected chi connectivity index (χ2v) is 7.19. The van der Waals surface area contributed by atoms with E-state index >= 15 is 0 Å². The molecule has 138 valence electrons. The number of amides is 1. The van der Waals surface area contributed by atoms with Gasteiger partial charge in [-0.3, -0.25) is 4.79 Å². The van der Waals surface area contributed by atoms with Gasteiger partial charge in [-0.2, -0.15) is 0 Å². The molecular weight excluding hydrogens is 382 g/mol.